The lowest BCUT2D eigenvalue weighted by Crippen LogP contribution is -2.22. The number of guanidine groups is 1. The molecule has 0 aliphatic carbocycles. The molecule has 2 aromatic carbocycles. The number of anilines is 1. The highest BCUT2D eigenvalue weighted by Crippen LogP contribution is 2.20. The fourth-order valence-corrected chi connectivity index (χ4v) is 2.38. The Morgan fingerprint density at radius 1 is 1.16 bits per heavy atom. The van der Waals surface area contributed by atoms with Crippen LogP contribution in [0.5, 0.6) is 11.5 Å². The van der Waals surface area contributed by atoms with Crippen LogP contribution < -0.4 is 20.5 Å². The minimum absolute atomic E-state index is 0.156. The topological polar surface area (TPSA) is 68.9 Å². The van der Waals surface area contributed by atoms with E-state index in [9.17, 15) is 0 Å². The van der Waals surface area contributed by atoms with E-state index >= 15 is 0 Å². The van der Waals surface area contributed by atoms with Crippen molar-refractivity contribution >= 4 is 11.6 Å². The van der Waals surface area contributed by atoms with Crippen LogP contribution in [0.25, 0.3) is 0 Å². The molecule has 0 unspecified atom stereocenters. The van der Waals surface area contributed by atoms with Gasteiger partial charge < -0.3 is 20.5 Å². The highest BCUT2D eigenvalue weighted by Gasteiger charge is 2.02. The van der Waals surface area contributed by atoms with Gasteiger partial charge in [-0.05, 0) is 69.2 Å². The summed E-state index contributed by atoms with van der Waals surface area (Å²) in [5, 5.41) is 3.09. The number of nitrogens with zero attached hydrogens (tertiary/aromatic N) is 1. The number of benzene rings is 2. The zero-order chi connectivity index (χ0) is 18.2. The molecule has 0 fully saturated rings. The van der Waals surface area contributed by atoms with Crippen molar-refractivity contribution in [3.05, 3.63) is 53.6 Å². The van der Waals surface area contributed by atoms with Gasteiger partial charge in [-0.1, -0.05) is 12.1 Å². The van der Waals surface area contributed by atoms with Crippen LogP contribution in [-0.4, -0.2) is 18.7 Å². The Labute approximate surface area is 149 Å². The number of hydrogen-bond acceptors (Lipinski definition) is 3. The summed E-state index contributed by atoms with van der Waals surface area (Å²) in [4.78, 5) is 4.39. The standard InChI is InChI=1S/C20H27N3O2/c1-5-24-19-11-6-16(12-15(19)4)13-22-20(21)23-17-7-9-18(10-8-17)25-14(2)3/h6-12,14H,5,13H2,1-4H3,(H3,21,22,23). The predicted molar refractivity (Wildman–Crippen MR) is 104 cm³/mol. The quantitative estimate of drug-likeness (QED) is 0.587. The molecular weight excluding hydrogens is 314 g/mol. The molecule has 0 aromatic heterocycles. The molecule has 0 amide bonds. The van der Waals surface area contributed by atoms with Crippen LogP contribution in [0.2, 0.25) is 0 Å². The van der Waals surface area contributed by atoms with Crippen molar-refractivity contribution < 1.29 is 9.47 Å². The molecule has 5 heteroatoms. The number of hydrogen-bond donors (Lipinski definition) is 2. The number of rotatable bonds is 7. The summed E-state index contributed by atoms with van der Waals surface area (Å²) in [6, 6.07) is 13.7. The summed E-state index contributed by atoms with van der Waals surface area (Å²) in [5.41, 5.74) is 9.03. The van der Waals surface area contributed by atoms with E-state index in [-0.39, 0.29) is 6.10 Å². The molecule has 0 saturated heterocycles. The van der Waals surface area contributed by atoms with Gasteiger partial charge in [-0.15, -0.1) is 0 Å². The second-order valence-electron chi connectivity index (χ2n) is 6.05. The lowest BCUT2D eigenvalue weighted by molar-refractivity contribution is 0.242. The Morgan fingerprint density at radius 2 is 1.88 bits per heavy atom. The van der Waals surface area contributed by atoms with Crippen molar-refractivity contribution in [2.24, 2.45) is 10.7 Å². The highest BCUT2D eigenvalue weighted by molar-refractivity contribution is 5.92. The second kappa shape index (κ2) is 8.97. The molecular formula is C20H27N3O2. The van der Waals surface area contributed by atoms with Gasteiger partial charge in [-0.3, -0.25) is 0 Å². The minimum Gasteiger partial charge on any atom is -0.494 e. The molecule has 3 N–H and O–H groups in total. The van der Waals surface area contributed by atoms with Gasteiger partial charge in [0.15, 0.2) is 5.96 Å². The molecule has 5 nitrogen and oxygen atoms in total. The number of aliphatic imine (C=N–C) groups is 1. The molecule has 0 aliphatic heterocycles. The summed E-state index contributed by atoms with van der Waals surface area (Å²) in [7, 11) is 0. The van der Waals surface area contributed by atoms with Gasteiger partial charge in [0.25, 0.3) is 0 Å². The summed E-state index contributed by atoms with van der Waals surface area (Å²) >= 11 is 0. The summed E-state index contributed by atoms with van der Waals surface area (Å²) in [6.07, 6.45) is 0.156. The number of nitrogens with two attached hydrogens (primary N) is 1. The first kappa shape index (κ1) is 18.6. The van der Waals surface area contributed by atoms with Gasteiger partial charge in [0.1, 0.15) is 11.5 Å². The summed E-state index contributed by atoms with van der Waals surface area (Å²) in [6.45, 7) is 9.18. The number of aryl methyl sites for hydroxylation is 1. The molecule has 25 heavy (non-hydrogen) atoms. The Bertz CT molecular complexity index is 709. The molecule has 0 aliphatic rings. The zero-order valence-corrected chi connectivity index (χ0v) is 15.4. The van der Waals surface area contributed by atoms with Crippen LogP contribution >= 0.6 is 0 Å². The van der Waals surface area contributed by atoms with Crippen LogP contribution in [0, 0.1) is 6.92 Å². The van der Waals surface area contributed by atoms with Gasteiger partial charge in [-0.25, -0.2) is 4.99 Å². The average molecular weight is 341 g/mol. The van der Waals surface area contributed by atoms with Crippen LogP contribution in [0.3, 0.4) is 0 Å². The summed E-state index contributed by atoms with van der Waals surface area (Å²) in [5.74, 6) is 2.12. The van der Waals surface area contributed by atoms with Crippen LogP contribution in [0.15, 0.2) is 47.5 Å². The maximum absolute atomic E-state index is 5.97. The van der Waals surface area contributed by atoms with Crippen molar-refractivity contribution in [2.45, 2.75) is 40.3 Å². The molecule has 134 valence electrons. The Hall–Kier alpha value is -2.69. The van der Waals surface area contributed by atoms with Gasteiger partial charge in [0, 0.05) is 5.69 Å². The lowest BCUT2D eigenvalue weighted by atomic mass is 10.1. The molecule has 0 radical (unpaired) electrons. The lowest BCUT2D eigenvalue weighted by Gasteiger charge is -2.11. The van der Waals surface area contributed by atoms with Crippen molar-refractivity contribution in [3.8, 4) is 11.5 Å². The first-order valence-corrected chi connectivity index (χ1v) is 8.54. The Kier molecular flexibility index (Phi) is 6.69. The normalized spacial score (nSPS) is 11.5. The third-order valence-corrected chi connectivity index (χ3v) is 3.47. The first-order valence-electron chi connectivity index (χ1n) is 8.54. The Morgan fingerprint density at radius 3 is 2.48 bits per heavy atom. The van der Waals surface area contributed by atoms with Crippen molar-refractivity contribution in [3.63, 3.8) is 0 Å². The molecule has 0 bridgehead atoms. The SMILES string of the molecule is CCOc1ccc(CN=C(N)Nc2ccc(OC(C)C)cc2)cc1C. The monoisotopic (exact) mass is 341 g/mol. The molecule has 2 rings (SSSR count). The number of nitrogens with one attached hydrogen (secondary N) is 1. The highest BCUT2D eigenvalue weighted by atomic mass is 16.5. The van der Waals surface area contributed by atoms with Gasteiger partial charge in [0.2, 0.25) is 0 Å². The average Bonchev–Trinajstić information content (AvgIpc) is 2.57. The molecule has 0 atom stereocenters. The molecule has 0 heterocycles. The van der Waals surface area contributed by atoms with E-state index in [1.165, 1.54) is 0 Å². The van der Waals surface area contributed by atoms with Gasteiger partial charge >= 0.3 is 0 Å². The minimum atomic E-state index is 0.156. The van der Waals surface area contributed by atoms with E-state index in [2.05, 4.69) is 16.4 Å². The van der Waals surface area contributed by atoms with E-state index in [4.69, 9.17) is 15.2 Å². The van der Waals surface area contributed by atoms with Crippen molar-refractivity contribution in [2.75, 3.05) is 11.9 Å². The van der Waals surface area contributed by atoms with E-state index in [0.29, 0.717) is 19.1 Å². The zero-order valence-electron chi connectivity index (χ0n) is 15.4. The van der Waals surface area contributed by atoms with E-state index < -0.39 is 0 Å². The fourth-order valence-electron chi connectivity index (χ4n) is 2.38. The third-order valence-electron chi connectivity index (χ3n) is 3.47. The van der Waals surface area contributed by atoms with E-state index in [1.807, 2.05) is 64.1 Å². The van der Waals surface area contributed by atoms with Crippen LogP contribution in [0.4, 0.5) is 5.69 Å². The van der Waals surface area contributed by atoms with Crippen LogP contribution in [0.1, 0.15) is 31.9 Å². The smallest absolute Gasteiger partial charge is 0.193 e. The number of ether oxygens (including phenoxy) is 2. The van der Waals surface area contributed by atoms with E-state index in [1.54, 1.807) is 0 Å². The molecule has 0 spiro atoms. The molecule has 2 aromatic rings. The third kappa shape index (κ3) is 6.03. The maximum Gasteiger partial charge on any atom is 0.193 e. The van der Waals surface area contributed by atoms with Crippen LogP contribution in [-0.2, 0) is 6.54 Å². The molecule has 0 saturated carbocycles. The Balaban J connectivity index is 1.94. The largest absolute Gasteiger partial charge is 0.494 e. The van der Waals surface area contributed by atoms with Crippen molar-refractivity contribution in [1.29, 1.82) is 0 Å². The second-order valence-corrected chi connectivity index (χ2v) is 6.05. The maximum atomic E-state index is 5.97. The summed E-state index contributed by atoms with van der Waals surface area (Å²) < 4.78 is 11.2. The fraction of sp³-hybridized carbons (Fsp3) is 0.350. The predicted octanol–water partition coefficient (Wildman–Crippen LogP) is 4.11. The van der Waals surface area contributed by atoms with Gasteiger partial charge in [0.05, 0.1) is 19.3 Å². The first-order chi connectivity index (χ1) is 12.0. The van der Waals surface area contributed by atoms with Gasteiger partial charge in [-0.2, -0.15) is 0 Å². The van der Waals surface area contributed by atoms with Crippen molar-refractivity contribution in [1.82, 2.24) is 0 Å². The van der Waals surface area contributed by atoms with E-state index in [0.717, 1.165) is 28.3 Å².